The number of amides is 1. The largest absolute Gasteiger partial charge is 0.461 e. The van der Waals surface area contributed by atoms with Crippen LogP contribution in [0.4, 0.5) is 0 Å². The van der Waals surface area contributed by atoms with Crippen LogP contribution in [-0.2, 0) is 17.8 Å². The summed E-state index contributed by atoms with van der Waals surface area (Å²) in [5.74, 6) is 2.34. The van der Waals surface area contributed by atoms with Crippen molar-refractivity contribution in [2.75, 3.05) is 13.1 Å². The minimum Gasteiger partial charge on any atom is -0.461 e. The quantitative estimate of drug-likeness (QED) is 0.628. The lowest BCUT2D eigenvalue weighted by Gasteiger charge is -2.42. The van der Waals surface area contributed by atoms with Crippen molar-refractivity contribution < 1.29 is 9.21 Å². The number of furan rings is 1. The topological polar surface area (TPSA) is 55.5 Å². The molecular formula is C24H23ClN2O3. The van der Waals surface area contributed by atoms with Gasteiger partial charge in [0, 0.05) is 60.7 Å². The van der Waals surface area contributed by atoms with Crippen molar-refractivity contribution in [3.63, 3.8) is 0 Å². The van der Waals surface area contributed by atoms with Gasteiger partial charge in [-0.3, -0.25) is 9.59 Å². The maximum absolute atomic E-state index is 12.9. The molecule has 2 aliphatic rings. The second kappa shape index (κ2) is 7.80. The standard InChI is InChI=1S/C24H23ClN2O3/c25-19-6-4-17(5-7-19)22-10-8-20(30-22)9-11-23(28)26-13-16-12-18(15-26)21-2-1-3-24(29)27(21)14-16/h1-8,10,16,18H,9,11-15H2. The molecule has 4 heterocycles. The first-order valence-corrected chi connectivity index (χ1v) is 10.8. The summed E-state index contributed by atoms with van der Waals surface area (Å²) in [5, 5.41) is 0.690. The van der Waals surface area contributed by atoms with Crippen molar-refractivity contribution in [3.05, 3.63) is 81.4 Å². The molecule has 5 nitrogen and oxygen atoms in total. The summed E-state index contributed by atoms with van der Waals surface area (Å²) in [4.78, 5) is 27.0. The van der Waals surface area contributed by atoms with Gasteiger partial charge in [0.15, 0.2) is 0 Å². The molecule has 1 saturated heterocycles. The predicted molar refractivity (Wildman–Crippen MR) is 116 cm³/mol. The summed E-state index contributed by atoms with van der Waals surface area (Å²) < 4.78 is 7.82. The minimum atomic E-state index is 0.0660. The van der Waals surface area contributed by atoms with E-state index < -0.39 is 0 Å². The highest BCUT2D eigenvalue weighted by Gasteiger charge is 2.36. The minimum absolute atomic E-state index is 0.0660. The molecule has 1 aromatic carbocycles. The predicted octanol–water partition coefficient (Wildman–Crippen LogP) is 4.34. The van der Waals surface area contributed by atoms with E-state index in [0.717, 1.165) is 35.7 Å². The highest BCUT2D eigenvalue weighted by Crippen LogP contribution is 2.35. The zero-order chi connectivity index (χ0) is 20.7. The maximum Gasteiger partial charge on any atom is 0.250 e. The third-order valence-electron chi connectivity index (χ3n) is 6.21. The number of pyridine rings is 1. The van der Waals surface area contributed by atoms with Crippen LogP contribution in [0.1, 0.15) is 30.2 Å². The molecule has 2 aromatic heterocycles. The smallest absolute Gasteiger partial charge is 0.250 e. The van der Waals surface area contributed by atoms with Crippen LogP contribution in [0.25, 0.3) is 11.3 Å². The van der Waals surface area contributed by atoms with Gasteiger partial charge in [-0.2, -0.15) is 0 Å². The molecule has 0 saturated carbocycles. The Morgan fingerprint density at radius 1 is 1.03 bits per heavy atom. The van der Waals surface area contributed by atoms with Crippen molar-refractivity contribution in [1.82, 2.24) is 9.47 Å². The van der Waals surface area contributed by atoms with Crippen molar-refractivity contribution in [3.8, 4) is 11.3 Å². The fourth-order valence-corrected chi connectivity index (χ4v) is 4.90. The average molecular weight is 423 g/mol. The molecule has 2 atom stereocenters. The lowest BCUT2D eigenvalue weighted by molar-refractivity contribution is -0.134. The Labute approximate surface area is 179 Å². The SMILES string of the molecule is O=C(CCc1ccc(-c2ccc(Cl)cc2)o1)N1CC2CC(C1)c1cccc(=O)n1C2. The Bertz CT molecular complexity index is 1130. The van der Waals surface area contributed by atoms with Gasteiger partial charge in [0.05, 0.1) is 0 Å². The molecule has 3 aromatic rings. The van der Waals surface area contributed by atoms with Gasteiger partial charge >= 0.3 is 0 Å². The van der Waals surface area contributed by atoms with Crippen LogP contribution in [0.15, 0.2) is 63.8 Å². The van der Waals surface area contributed by atoms with Crippen LogP contribution in [0, 0.1) is 5.92 Å². The van der Waals surface area contributed by atoms with Crippen molar-refractivity contribution in [2.45, 2.75) is 31.7 Å². The number of aryl methyl sites for hydroxylation is 1. The number of carbonyl (C=O) groups excluding carboxylic acids is 1. The molecule has 2 aliphatic heterocycles. The highest BCUT2D eigenvalue weighted by molar-refractivity contribution is 6.30. The summed E-state index contributed by atoms with van der Waals surface area (Å²) >= 11 is 5.94. The van der Waals surface area contributed by atoms with Crippen LogP contribution >= 0.6 is 11.6 Å². The van der Waals surface area contributed by atoms with Crippen LogP contribution in [0.2, 0.25) is 5.02 Å². The fraction of sp³-hybridized carbons (Fsp3) is 0.333. The Morgan fingerprint density at radius 2 is 1.87 bits per heavy atom. The number of rotatable bonds is 4. The molecule has 0 radical (unpaired) electrons. The molecule has 0 N–H and O–H groups in total. The molecule has 154 valence electrons. The van der Waals surface area contributed by atoms with E-state index in [-0.39, 0.29) is 17.4 Å². The van der Waals surface area contributed by atoms with Crippen LogP contribution in [0.5, 0.6) is 0 Å². The van der Waals surface area contributed by atoms with Crippen LogP contribution in [-0.4, -0.2) is 28.5 Å². The Kier molecular flexibility index (Phi) is 4.99. The van der Waals surface area contributed by atoms with E-state index in [1.165, 1.54) is 0 Å². The lowest BCUT2D eigenvalue weighted by Crippen LogP contribution is -2.49. The molecule has 1 amide bonds. The van der Waals surface area contributed by atoms with Gasteiger partial charge in [-0.25, -0.2) is 0 Å². The summed E-state index contributed by atoms with van der Waals surface area (Å²) in [6, 6.07) is 16.9. The maximum atomic E-state index is 12.9. The monoisotopic (exact) mass is 422 g/mol. The number of likely N-dealkylation sites (tertiary alicyclic amines) is 1. The normalized spacial score (nSPS) is 20.1. The van der Waals surface area contributed by atoms with Crippen LogP contribution in [0.3, 0.4) is 0 Å². The fourth-order valence-electron chi connectivity index (χ4n) is 4.77. The van der Waals surface area contributed by atoms with E-state index in [1.54, 1.807) is 6.07 Å². The van der Waals surface area contributed by atoms with E-state index in [1.807, 2.05) is 58.0 Å². The molecule has 2 unspecified atom stereocenters. The molecule has 30 heavy (non-hydrogen) atoms. The second-order valence-electron chi connectivity index (χ2n) is 8.27. The van der Waals surface area contributed by atoms with Crippen molar-refractivity contribution in [1.29, 1.82) is 0 Å². The van der Waals surface area contributed by atoms with Gasteiger partial charge in [0.25, 0.3) is 5.56 Å². The van der Waals surface area contributed by atoms with E-state index in [2.05, 4.69) is 0 Å². The van der Waals surface area contributed by atoms with Gasteiger partial charge in [-0.15, -0.1) is 0 Å². The molecular weight excluding hydrogens is 400 g/mol. The van der Waals surface area contributed by atoms with E-state index >= 15 is 0 Å². The number of halogens is 1. The molecule has 2 bridgehead atoms. The van der Waals surface area contributed by atoms with Crippen molar-refractivity contribution >= 4 is 17.5 Å². The first-order chi connectivity index (χ1) is 14.6. The lowest BCUT2D eigenvalue weighted by atomic mass is 9.83. The third kappa shape index (κ3) is 3.70. The Hall–Kier alpha value is -2.79. The van der Waals surface area contributed by atoms with Gasteiger partial charge in [-0.05, 0) is 54.8 Å². The first kappa shape index (κ1) is 19.2. The number of nitrogens with zero attached hydrogens (tertiary/aromatic N) is 2. The highest BCUT2D eigenvalue weighted by atomic mass is 35.5. The Balaban J connectivity index is 1.23. The van der Waals surface area contributed by atoms with Gasteiger partial charge in [0.1, 0.15) is 11.5 Å². The number of fused-ring (bicyclic) bond motifs is 4. The van der Waals surface area contributed by atoms with Crippen LogP contribution < -0.4 is 5.56 Å². The zero-order valence-corrected chi connectivity index (χ0v) is 17.3. The molecule has 1 fully saturated rings. The van der Waals surface area contributed by atoms with Gasteiger partial charge in [0.2, 0.25) is 5.91 Å². The number of hydrogen-bond donors (Lipinski definition) is 0. The number of piperidine rings is 1. The molecule has 5 rings (SSSR count). The molecule has 0 spiro atoms. The van der Waals surface area contributed by atoms with Crippen molar-refractivity contribution in [2.24, 2.45) is 5.92 Å². The third-order valence-corrected chi connectivity index (χ3v) is 6.46. The summed E-state index contributed by atoms with van der Waals surface area (Å²) in [6.45, 7) is 2.12. The van der Waals surface area contributed by atoms with E-state index in [9.17, 15) is 9.59 Å². The molecule has 6 heteroatoms. The number of hydrogen-bond acceptors (Lipinski definition) is 3. The summed E-state index contributed by atoms with van der Waals surface area (Å²) in [5.41, 5.74) is 2.10. The first-order valence-electron chi connectivity index (χ1n) is 10.4. The van der Waals surface area contributed by atoms with Gasteiger partial charge < -0.3 is 13.9 Å². The Morgan fingerprint density at radius 3 is 2.70 bits per heavy atom. The van der Waals surface area contributed by atoms with E-state index in [0.29, 0.717) is 36.9 Å². The average Bonchev–Trinajstić information content (AvgIpc) is 3.22. The number of benzene rings is 1. The number of aromatic nitrogens is 1. The van der Waals surface area contributed by atoms with Gasteiger partial charge in [-0.1, -0.05) is 17.7 Å². The van der Waals surface area contributed by atoms with E-state index in [4.69, 9.17) is 16.0 Å². The molecule has 0 aliphatic carbocycles. The summed E-state index contributed by atoms with van der Waals surface area (Å²) in [7, 11) is 0. The second-order valence-corrected chi connectivity index (χ2v) is 8.71. The zero-order valence-electron chi connectivity index (χ0n) is 16.6. The number of carbonyl (C=O) groups is 1. The summed E-state index contributed by atoms with van der Waals surface area (Å²) in [6.07, 6.45) is 2.05.